The summed E-state index contributed by atoms with van der Waals surface area (Å²) >= 11 is 0. The van der Waals surface area contributed by atoms with Crippen molar-refractivity contribution in [2.75, 3.05) is 7.05 Å². The van der Waals surface area contributed by atoms with Crippen molar-refractivity contribution in [3.8, 4) is 0 Å². The molecule has 0 amide bonds. The molecule has 1 nitrogen and oxygen atoms in total. The second kappa shape index (κ2) is 4.19. The smallest absolute Gasteiger partial charge is 0.0130 e. The van der Waals surface area contributed by atoms with Crippen molar-refractivity contribution >= 4 is 0 Å². The summed E-state index contributed by atoms with van der Waals surface area (Å²) in [6.07, 6.45) is 3.79. The first-order valence-corrected chi connectivity index (χ1v) is 3.22. The molecule has 0 aliphatic rings. The highest BCUT2D eigenvalue weighted by molar-refractivity contribution is 5.09. The fourth-order valence-corrected chi connectivity index (χ4v) is 0.691. The maximum absolute atomic E-state index is 3.61. The summed E-state index contributed by atoms with van der Waals surface area (Å²) in [6.45, 7) is 7.90. The normalized spacial score (nSPS) is 11.8. The van der Waals surface area contributed by atoms with Gasteiger partial charge in [0.25, 0.3) is 0 Å². The van der Waals surface area contributed by atoms with E-state index in [1.165, 1.54) is 5.70 Å². The molecule has 0 heterocycles. The molecule has 0 aliphatic heterocycles. The molecule has 0 bridgehead atoms. The van der Waals surface area contributed by atoms with Crippen LogP contribution in [0.4, 0.5) is 0 Å². The lowest BCUT2D eigenvalue weighted by atomic mass is 10.1. The monoisotopic (exact) mass is 125 g/mol. The summed E-state index contributed by atoms with van der Waals surface area (Å²) in [5.41, 5.74) is 1.23. The SMILES string of the molecule is C=C/C=C(/NC)C(C)C. The molecule has 0 saturated carbocycles. The van der Waals surface area contributed by atoms with E-state index in [9.17, 15) is 0 Å². The number of nitrogens with one attached hydrogen (secondary N) is 1. The number of hydrogen-bond donors (Lipinski definition) is 1. The first kappa shape index (κ1) is 8.28. The van der Waals surface area contributed by atoms with Crippen molar-refractivity contribution in [3.63, 3.8) is 0 Å². The molecule has 0 spiro atoms. The number of allylic oxidation sites excluding steroid dienone is 3. The molecule has 1 N–H and O–H groups in total. The van der Waals surface area contributed by atoms with Crippen LogP contribution in [0, 0.1) is 5.92 Å². The molecule has 0 atom stereocenters. The van der Waals surface area contributed by atoms with Crippen LogP contribution in [-0.2, 0) is 0 Å². The fraction of sp³-hybridized carbons (Fsp3) is 0.500. The van der Waals surface area contributed by atoms with E-state index in [0.717, 1.165) is 0 Å². The molecule has 0 saturated heterocycles. The molecule has 1 heteroatoms. The van der Waals surface area contributed by atoms with E-state index in [4.69, 9.17) is 0 Å². The summed E-state index contributed by atoms with van der Waals surface area (Å²) in [6, 6.07) is 0. The van der Waals surface area contributed by atoms with Gasteiger partial charge in [0.1, 0.15) is 0 Å². The minimum atomic E-state index is 0.563. The van der Waals surface area contributed by atoms with E-state index in [0.29, 0.717) is 5.92 Å². The highest BCUT2D eigenvalue weighted by Crippen LogP contribution is 2.03. The lowest BCUT2D eigenvalue weighted by Gasteiger charge is -2.08. The van der Waals surface area contributed by atoms with Crippen LogP contribution >= 0.6 is 0 Å². The van der Waals surface area contributed by atoms with E-state index in [-0.39, 0.29) is 0 Å². The molecular formula is C8H15N. The molecule has 0 aliphatic carbocycles. The van der Waals surface area contributed by atoms with Crippen LogP contribution in [0.5, 0.6) is 0 Å². The average molecular weight is 125 g/mol. The van der Waals surface area contributed by atoms with Gasteiger partial charge in [-0.1, -0.05) is 26.5 Å². The predicted octanol–water partition coefficient (Wildman–Crippen LogP) is 1.93. The lowest BCUT2D eigenvalue weighted by Crippen LogP contribution is -2.10. The van der Waals surface area contributed by atoms with Crippen LogP contribution < -0.4 is 5.32 Å². The molecule has 0 fully saturated rings. The fourth-order valence-electron chi connectivity index (χ4n) is 0.691. The largest absolute Gasteiger partial charge is 0.391 e. The Bertz CT molecular complexity index is 112. The third kappa shape index (κ3) is 2.96. The standard InChI is InChI=1S/C8H15N/c1-5-6-8(9-4)7(2)3/h5-7,9H,1H2,2-4H3/b8-6+. The summed E-state index contributed by atoms with van der Waals surface area (Å²) < 4.78 is 0. The van der Waals surface area contributed by atoms with Crippen LogP contribution in [0.2, 0.25) is 0 Å². The van der Waals surface area contributed by atoms with Gasteiger partial charge in [0.2, 0.25) is 0 Å². The summed E-state index contributed by atoms with van der Waals surface area (Å²) in [5, 5.41) is 3.09. The van der Waals surface area contributed by atoms with E-state index < -0.39 is 0 Å². The van der Waals surface area contributed by atoms with Gasteiger partial charge in [0.05, 0.1) is 0 Å². The Balaban J connectivity index is 3.96. The number of rotatable bonds is 3. The molecule has 0 unspecified atom stereocenters. The van der Waals surface area contributed by atoms with Crippen molar-refractivity contribution in [2.45, 2.75) is 13.8 Å². The van der Waals surface area contributed by atoms with E-state index >= 15 is 0 Å². The van der Waals surface area contributed by atoms with Crippen LogP contribution in [0.1, 0.15) is 13.8 Å². The van der Waals surface area contributed by atoms with Crippen molar-refractivity contribution < 1.29 is 0 Å². The minimum Gasteiger partial charge on any atom is -0.391 e. The molecule has 0 aromatic carbocycles. The molecule has 9 heavy (non-hydrogen) atoms. The van der Waals surface area contributed by atoms with Gasteiger partial charge in [-0.25, -0.2) is 0 Å². The molecule has 0 rings (SSSR count). The zero-order valence-corrected chi connectivity index (χ0v) is 6.44. The van der Waals surface area contributed by atoms with Gasteiger partial charge >= 0.3 is 0 Å². The van der Waals surface area contributed by atoms with Crippen LogP contribution in [-0.4, -0.2) is 7.05 Å². The van der Waals surface area contributed by atoms with Gasteiger partial charge in [-0.05, 0) is 12.0 Å². The topological polar surface area (TPSA) is 12.0 Å². The van der Waals surface area contributed by atoms with Crippen molar-refractivity contribution in [3.05, 3.63) is 24.4 Å². The molecule has 0 radical (unpaired) electrons. The molecule has 52 valence electrons. The molecule has 0 aromatic rings. The zero-order valence-electron chi connectivity index (χ0n) is 6.44. The lowest BCUT2D eigenvalue weighted by molar-refractivity contribution is 0.699. The third-order valence-corrected chi connectivity index (χ3v) is 1.21. The summed E-state index contributed by atoms with van der Waals surface area (Å²) in [7, 11) is 1.93. The first-order valence-electron chi connectivity index (χ1n) is 3.22. The van der Waals surface area contributed by atoms with Crippen LogP contribution in [0.25, 0.3) is 0 Å². The van der Waals surface area contributed by atoms with Crippen LogP contribution in [0.3, 0.4) is 0 Å². The second-order valence-electron chi connectivity index (χ2n) is 2.26. The van der Waals surface area contributed by atoms with E-state index in [1.807, 2.05) is 13.1 Å². The van der Waals surface area contributed by atoms with E-state index in [2.05, 4.69) is 25.7 Å². The zero-order chi connectivity index (χ0) is 7.28. The van der Waals surface area contributed by atoms with Gasteiger partial charge in [-0.2, -0.15) is 0 Å². The van der Waals surface area contributed by atoms with Crippen LogP contribution in [0.15, 0.2) is 24.4 Å². The average Bonchev–Trinajstić information content (AvgIpc) is 1.82. The second-order valence-corrected chi connectivity index (χ2v) is 2.26. The highest BCUT2D eigenvalue weighted by Gasteiger charge is 1.95. The Morgan fingerprint density at radius 3 is 2.22 bits per heavy atom. The van der Waals surface area contributed by atoms with Gasteiger partial charge in [-0.15, -0.1) is 0 Å². The predicted molar refractivity (Wildman–Crippen MR) is 42.2 cm³/mol. The van der Waals surface area contributed by atoms with Gasteiger partial charge in [-0.3, -0.25) is 0 Å². The van der Waals surface area contributed by atoms with Gasteiger partial charge in [0.15, 0.2) is 0 Å². The van der Waals surface area contributed by atoms with Gasteiger partial charge in [0, 0.05) is 12.7 Å². The quantitative estimate of drug-likeness (QED) is 0.568. The Hall–Kier alpha value is -0.720. The molecule has 0 aromatic heterocycles. The van der Waals surface area contributed by atoms with Crippen molar-refractivity contribution in [2.24, 2.45) is 5.92 Å². The third-order valence-electron chi connectivity index (χ3n) is 1.21. The highest BCUT2D eigenvalue weighted by atomic mass is 14.8. The first-order chi connectivity index (χ1) is 4.22. The summed E-state index contributed by atoms with van der Waals surface area (Å²) in [4.78, 5) is 0. The minimum absolute atomic E-state index is 0.563. The maximum atomic E-state index is 3.61. The van der Waals surface area contributed by atoms with E-state index in [1.54, 1.807) is 6.08 Å². The Morgan fingerprint density at radius 1 is 1.56 bits per heavy atom. The number of hydrogen-bond acceptors (Lipinski definition) is 1. The maximum Gasteiger partial charge on any atom is 0.0130 e. The summed E-state index contributed by atoms with van der Waals surface area (Å²) in [5.74, 6) is 0.563. The van der Waals surface area contributed by atoms with Crippen molar-refractivity contribution in [1.29, 1.82) is 0 Å². The Morgan fingerprint density at radius 2 is 2.11 bits per heavy atom. The van der Waals surface area contributed by atoms with Gasteiger partial charge < -0.3 is 5.32 Å². The van der Waals surface area contributed by atoms with Crippen molar-refractivity contribution in [1.82, 2.24) is 5.32 Å². The molecular weight excluding hydrogens is 110 g/mol. The Kier molecular flexibility index (Phi) is 3.85. The Labute approximate surface area is 57.5 Å².